The lowest BCUT2D eigenvalue weighted by Gasteiger charge is -2.17. The summed E-state index contributed by atoms with van der Waals surface area (Å²) in [5.74, 6) is 0.471. The fraction of sp³-hybridized carbons (Fsp3) is 0.235. The van der Waals surface area contributed by atoms with Gasteiger partial charge in [0, 0.05) is 23.7 Å². The predicted molar refractivity (Wildman–Crippen MR) is 83.2 cm³/mol. The highest BCUT2D eigenvalue weighted by atomic mass is 16.5. The summed E-state index contributed by atoms with van der Waals surface area (Å²) in [5, 5.41) is 3.44. The van der Waals surface area contributed by atoms with Gasteiger partial charge in [0.1, 0.15) is 5.75 Å². The second-order valence-electron chi connectivity index (χ2n) is 4.91. The van der Waals surface area contributed by atoms with Gasteiger partial charge in [-0.2, -0.15) is 0 Å². The smallest absolute Gasteiger partial charge is 0.248 e. The quantitative estimate of drug-likeness (QED) is 0.857. The molecule has 0 aliphatic carbocycles. The van der Waals surface area contributed by atoms with Gasteiger partial charge in [-0.15, -0.1) is 0 Å². The van der Waals surface area contributed by atoms with Gasteiger partial charge in [0.25, 0.3) is 0 Å². The first-order valence-electron chi connectivity index (χ1n) is 6.87. The standard InChI is InChI=1S/C17H20N2O2/c1-12(15-5-3-4-6-16(15)21-2)19-11-13-7-9-14(10-8-13)17(18)20/h3-10,12,19H,11H2,1-2H3,(H2,18,20)/t12-/m0/s1. The van der Waals surface area contributed by atoms with Crippen LogP contribution in [-0.4, -0.2) is 13.0 Å². The maximum atomic E-state index is 11.0. The van der Waals surface area contributed by atoms with E-state index in [9.17, 15) is 4.79 Å². The minimum atomic E-state index is -0.406. The second-order valence-corrected chi connectivity index (χ2v) is 4.91. The monoisotopic (exact) mass is 284 g/mol. The van der Waals surface area contributed by atoms with E-state index < -0.39 is 5.91 Å². The lowest BCUT2D eigenvalue weighted by molar-refractivity contribution is 0.100. The fourth-order valence-corrected chi connectivity index (χ4v) is 2.19. The van der Waals surface area contributed by atoms with Crippen LogP contribution in [0.5, 0.6) is 5.75 Å². The number of benzene rings is 2. The average molecular weight is 284 g/mol. The van der Waals surface area contributed by atoms with Crippen molar-refractivity contribution in [1.82, 2.24) is 5.32 Å². The van der Waals surface area contributed by atoms with E-state index in [1.807, 2.05) is 36.4 Å². The molecule has 0 saturated carbocycles. The Hall–Kier alpha value is -2.33. The van der Waals surface area contributed by atoms with Crippen molar-refractivity contribution >= 4 is 5.91 Å². The number of carbonyl (C=O) groups excluding carboxylic acids is 1. The number of nitrogens with one attached hydrogen (secondary N) is 1. The Morgan fingerprint density at radius 1 is 1.19 bits per heavy atom. The zero-order valence-corrected chi connectivity index (χ0v) is 12.3. The van der Waals surface area contributed by atoms with Gasteiger partial charge in [-0.1, -0.05) is 30.3 Å². The number of carbonyl (C=O) groups is 1. The summed E-state index contributed by atoms with van der Waals surface area (Å²) in [6.45, 7) is 2.80. The Morgan fingerprint density at radius 3 is 2.48 bits per heavy atom. The van der Waals surface area contributed by atoms with Crippen molar-refractivity contribution in [2.75, 3.05) is 7.11 Å². The number of amides is 1. The summed E-state index contributed by atoms with van der Waals surface area (Å²) in [7, 11) is 1.67. The Morgan fingerprint density at radius 2 is 1.86 bits per heavy atom. The number of para-hydroxylation sites is 1. The molecule has 0 saturated heterocycles. The molecule has 0 fully saturated rings. The highest BCUT2D eigenvalue weighted by molar-refractivity contribution is 5.92. The first-order chi connectivity index (χ1) is 10.1. The van der Waals surface area contributed by atoms with Crippen molar-refractivity contribution in [2.45, 2.75) is 19.5 Å². The molecule has 110 valence electrons. The average Bonchev–Trinajstić information content (AvgIpc) is 2.52. The molecule has 0 aliphatic rings. The van der Waals surface area contributed by atoms with Gasteiger partial charge in [-0.05, 0) is 30.7 Å². The molecule has 0 spiro atoms. The van der Waals surface area contributed by atoms with E-state index in [2.05, 4.69) is 12.2 Å². The molecule has 0 bridgehead atoms. The normalized spacial score (nSPS) is 11.9. The van der Waals surface area contributed by atoms with E-state index >= 15 is 0 Å². The fourth-order valence-electron chi connectivity index (χ4n) is 2.19. The Balaban J connectivity index is 2.00. The molecule has 4 heteroatoms. The molecule has 0 radical (unpaired) electrons. The van der Waals surface area contributed by atoms with E-state index in [0.717, 1.165) is 16.9 Å². The largest absolute Gasteiger partial charge is 0.496 e. The molecule has 1 atom stereocenters. The lowest BCUT2D eigenvalue weighted by Crippen LogP contribution is -2.19. The number of rotatable bonds is 6. The number of primary amides is 1. The number of hydrogen-bond acceptors (Lipinski definition) is 3. The molecule has 0 unspecified atom stereocenters. The van der Waals surface area contributed by atoms with Gasteiger partial charge in [-0.3, -0.25) is 4.79 Å². The minimum absolute atomic E-state index is 0.164. The van der Waals surface area contributed by atoms with E-state index in [1.54, 1.807) is 19.2 Å². The third-order valence-corrected chi connectivity index (χ3v) is 3.46. The van der Waals surface area contributed by atoms with Crippen LogP contribution in [0.25, 0.3) is 0 Å². The van der Waals surface area contributed by atoms with E-state index in [0.29, 0.717) is 12.1 Å². The maximum absolute atomic E-state index is 11.0. The molecule has 0 aromatic heterocycles. The molecule has 1 amide bonds. The summed E-state index contributed by atoms with van der Waals surface area (Å²) in [5.41, 5.74) is 7.97. The van der Waals surface area contributed by atoms with Crippen LogP contribution in [0.4, 0.5) is 0 Å². The molecule has 2 rings (SSSR count). The first kappa shape index (κ1) is 15.1. The van der Waals surface area contributed by atoms with Gasteiger partial charge >= 0.3 is 0 Å². The van der Waals surface area contributed by atoms with Crippen LogP contribution < -0.4 is 15.8 Å². The van der Waals surface area contributed by atoms with Crippen molar-refractivity contribution in [3.63, 3.8) is 0 Å². The van der Waals surface area contributed by atoms with E-state index in [4.69, 9.17) is 10.5 Å². The van der Waals surface area contributed by atoms with Gasteiger partial charge < -0.3 is 15.8 Å². The van der Waals surface area contributed by atoms with E-state index in [-0.39, 0.29) is 6.04 Å². The van der Waals surface area contributed by atoms with Crippen molar-refractivity contribution in [1.29, 1.82) is 0 Å². The number of nitrogens with two attached hydrogens (primary N) is 1. The van der Waals surface area contributed by atoms with Crippen LogP contribution in [0.3, 0.4) is 0 Å². The minimum Gasteiger partial charge on any atom is -0.496 e. The number of hydrogen-bond donors (Lipinski definition) is 2. The summed E-state index contributed by atoms with van der Waals surface area (Å²) < 4.78 is 5.37. The number of methoxy groups -OCH3 is 1. The Bertz CT molecular complexity index is 608. The van der Waals surface area contributed by atoms with Gasteiger partial charge in [0.15, 0.2) is 0 Å². The molecule has 3 N–H and O–H groups in total. The van der Waals surface area contributed by atoms with Crippen molar-refractivity contribution < 1.29 is 9.53 Å². The third kappa shape index (κ3) is 3.83. The van der Waals surface area contributed by atoms with Gasteiger partial charge in [0.2, 0.25) is 5.91 Å². The van der Waals surface area contributed by atoms with E-state index in [1.165, 1.54) is 0 Å². The maximum Gasteiger partial charge on any atom is 0.248 e. The van der Waals surface area contributed by atoms with Crippen LogP contribution in [0.1, 0.15) is 34.5 Å². The SMILES string of the molecule is COc1ccccc1[C@H](C)NCc1ccc(C(N)=O)cc1. The second kappa shape index (κ2) is 6.90. The molecular formula is C17H20N2O2. The molecule has 0 heterocycles. The zero-order valence-electron chi connectivity index (χ0n) is 12.3. The van der Waals surface area contributed by atoms with Crippen molar-refractivity contribution in [3.8, 4) is 5.75 Å². The lowest BCUT2D eigenvalue weighted by atomic mass is 10.1. The molecule has 4 nitrogen and oxygen atoms in total. The van der Waals surface area contributed by atoms with Crippen molar-refractivity contribution in [3.05, 3.63) is 65.2 Å². The molecule has 0 aliphatic heterocycles. The summed E-state index contributed by atoms with van der Waals surface area (Å²) in [6, 6.07) is 15.4. The molecule has 21 heavy (non-hydrogen) atoms. The Kier molecular flexibility index (Phi) is 4.95. The topological polar surface area (TPSA) is 64.3 Å². The molecule has 2 aromatic rings. The molecular weight excluding hydrogens is 264 g/mol. The number of ether oxygens (including phenoxy) is 1. The van der Waals surface area contributed by atoms with Gasteiger partial charge in [-0.25, -0.2) is 0 Å². The third-order valence-electron chi connectivity index (χ3n) is 3.46. The van der Waals surface area contributed by atoms with Crippen LogP contribution in [0.15, 0.2) is 48.5 Å². The predicted octanol–water partition coefficient (Wildman–Crippen LogP) is 2.64. The van der Waals surface area contributed by atoms with Crippen LogP contribution in [0, 0.1) is 0 Å². The Labute approximate surface area is 124 Å². The van der Waals surface area contributed by atoms with Crippen LogP contribution >= 0.6 is 0 Å². The molecule has 2 aromatic carbocycles. The summed E-state index contributed by atoms with van der Waals surface area (Å²) >= 11 is 0. The zero-order chi connectivity index (χ0) is 15.2. The summed E-state index contributed by atoms with van der Waals surface area (Å²) in [6.07, 6.45) is 0. The van der Waals surface area contributed by atoms with Gasteiger partial charge in [0.05, 0.1) is 7.11 Å². The van der Waals surface area contributed by atoms with Crippen LogP contribution in [-0.2, 0) is 6.54 Å². The summed E-state index contributed by atoms with van der Waals surface area (Å²) in [4.78, 5) is 11.0. The van der Waals surface area contributed by atoms with Crippen molar-refractivity contribution in [2.24, 2.45) is 5.73 Å². The first-order valence-corrected chi connectivity index (χ1v) is 6.87. The van der Waals surface area contributed by atoms with Crippen LogP contribution in [0.2, 0.25) is 0 Å². The highest BCUT2D eigenvalue weighted by Gasteiger charge is 2.10. The highest BCUT2D eigenvalue weighted by Crippen LogP contribution is 2.24.